The third-order valence-electron chi connectivity index (χ3n) is 3.67. The lowest BCUT2D eigenvalue weighted by Crippen LogP contribution is -1.86. The molecule has 5 heteroatoms. The predicted octanol–water partition coefficient (Wildman–Crippen LogP) is 5.71. The Balaban J connectivity index is 1.87. The van der Waals surface area contributed by atoms with E-state index in [-0.39, 0.29) is 0 Å². The number of aromatic nitrogens is 3. The molecular weight excluding hydrogens is 374 g/mol. The Bertz CT molecular complexity index is 1010. The Morgan fingerprint density at radius 1 is 0.957 bits per heavy atom. The van der Waals surface area contributed by atoms with E-state index in [1.165, 1.54) is 0 Å². The predicted molar refractivity (Wildman–Crippen MR) is 97.5 cm³/mol. The van der Waals surface area contributed by atoms with Crippen molar-refractivity contribution < 1.29 is 0 Å². The van der Waals surface area contributed by atoms with Crippen LogP contribution < -0.4 is 0 Å². The number of halogens is 2. The van der Waals surface area contributed by atoms with Crippen molar-refractivity contribution in [2.45, 2.75) is 0 Å². The minimum Gasteiger partial charge on any atom is -0.344 e. The van der Waals surface area contributed by atoms with E-state index in [4.69, 9.17) is 11.6 Å². The van der Waals surface area contributed by atoms with E-state index in [0.29, 0.717) is 5.02 Å². The van der Waals surface area contributed by atoms with E-state index >= 15 is 0 Å². The van der Waals surface area contributed by atoms with E-state index in [9.17, 15) is 0 Å². The van der Waals surface area contributed by atoms with Crippen molar-refractivity contribution in [3.63, 3.8) is 0 Å². The standard InChI is InChI=1S/C18H11BrClN3/c19-14-7-13-6-12(4-5-16(13)21-9-14)18-17(22-10-23-18)11-2-1-3-15(20)8-11/h1-10H,(H,22,23). The molecule has 0 fully saturated rings. The quantitative estimate of drug-likeness (QED) is 0.481. The number of fused-ring (bicyclic) bond motifs is 1. The minimum absolute atomic E-state index is 0.697. The molecule has 0 aliphatic carbocycles. The smallest absolute Gasteiger partial charge is 0.0961 e. The molecule has 0 aliphatic heterocycles. The van der Waals surface area contributed by atoms with Crippen molar-refractivity contribution in [3.8, 4) is 22.5 Å². The van der Waals surface area contributed by atoms with Crippen LogP contribution in [0.4, 0.5) is 0 Å². The first kappa shape index (κ1) is 14.4. The molecule has 2 aromatic heterocycles. The molecule has 0 aliphatic rings. The molecule has 0 saturated heterocycles. The van der Waals surface area contributed by atoms with Gasteiger partial charge in [-0.1, -0.05) is 29.8 Å². The summed E-state index contributed by atoms with van der Waals surface area (Å²) in [7, 11) is 0. The fourth-order valence-electron chi connectivity index (χ4n) is 2.63. The van der Waals surface area contributed by atoms with Gasteiger partial charge < -0.3 is 4.98 Å². The fourth-order valence-corrected chi connectivity index (χ4v) is 3.17. The van der Waals surface area contributed by atoms with Gasteiger partial charge in [-0.05, 0) is 46.3 Å². The molecule has 23 heavy (non-hydrogen) atoms. The third kappa shape index (κ3) is 2.76. The van der Waals surface area contributed by atoms with Crippen molar-refractivity contribution in [1.82, 2.24) is 15.0 Å². The maximum absolute atomic E-state index is 6.10. The monoisotopic (exact) mass is 383 g/mol. The van der Waals surface area contributed by atoms with E-state index in [1.54, 1.807) is 12.5 Å². The molecule has 3 nitrogen and oxygen atoms in total. The van der Waals surface area contributed by atoms with Gasteiger partial charge in [0, 0.05) is 32.2 Å². The van der Waals surface area contributed by atoms with Crippen molar-refractivity contribution in [2.75, 3.05) is 0 Å². The molecular formula is C18H11BrClN3. The van der Waals surface area contributed by atoms with Gasteiger partial charge in [-0.2, -0.15) is 0 Å². The van der Waals surface area contributed by atoms with Gasteiger partial charge in [0.25, 0.3) is 0 Å². The Kier molecular flexibility index (Phi) is 3.63. The molecule has 0 spiro atoms. The maximum atomic E-state index is 6.10. The highest BCUT2D eigenvalue weighted by molar-refractivity contribution is 9.10. The lowest BCUT2D eigenvalue weighted by molar-refractivity contribution is 1.31. The Labute approximate surface area is 146 Å². The number of imidazole rings is 1. The van der Waals surface area contributed by atoms with Gasteiger partial charge in [0.15, 0.2) is 0 Å². The van der Waals surface area contributed by atoms with E-state index < -0.39 is 0 Å². The first-order valence-corrected chi connectivity index (χ1v) is 8.23. The van der Waals surface area contributed by atoms with Gasteiger partial charge in [0.05, 0.1) is 23.2 Å². The van der Waals surface area contributed by atoms with Crippen molar-refractivity contribution in [1.29, 1.82) is 0 Å². The van der Waals surface area contributed by atoms with Crippen LogP contribution in [0.15, 0.2) is 65.5 Å². The molecule has 0 bridgehead atoms. The number of nitrogens with one attached hydrogen (secondary N) is 1. The number of hydrogen-bond acceptors (Lipinski definition) is 2. The fraction of sp³-hybridized carbons (Fsp3) is 0. The molecule has 4 aromatic rings. The summed E-state index contributed by atoms with van der Waals surface area (Å²) < 4.78 is 0.960. The topological polar surface area (TPSA) is 41.6 Å². The van der Waals surface area contributed by atoms with Crippen molar-refractivity contribution in [2.24, 2.45) is 0 Å². The molecule has 0 atom stereocenters. The molecule has 0 amide bonds. The van der Waals surface area contributed by atoms with Gasteiger partial charge in [-0.3, -0.25) is 4.98 Å². The zero-order valence-corrected chi connectivity index (χ0v) is 14.3. The number of hydrogen-bond donors (Lipinski definition) is 1. The summed E-state index contributed by atoms with van der Waals surface area (Å²) in [5, 5.41) is 1.77. The normalized spacial score (nSPS) is 11.0. The summed E-state index contributed by atoms with van der Waals surface area (Å²) in [6, 6.07) is 15.9. The van der Waals surface area contributed by atoms with Gasteiger partial charge in [0.1, 0.15) is 0 Å². The average molecular weight is 385 g/mol. The average Bonchev–Trinajstić information content (AvgIpc) is 3.03. The summed E-state index contributed by atoms with van der Waals surface area (Å²) in [5.74, 6) is 0. The SMILES string of the molecule is Clc1cccc(-c2nc[nH]c2-c2ccc3ncc(Br)cc3c2)c1. The largest absolute Gasteiger partial charge is 0.344 e. The highest BCUT2D eigenvalue weighted by Crippen LogP contribution is 2.32. The van der Waals surface area contributed by atoms with Crippen LogP contribution in [-0.4, -0.2) is 15.0 Å². The zero-order chi connectivity index (χ0) is 15.8. The first-order chi connectivity index (χ1) is 11.2. The summed E-state index contributed by atoms with van der Waals surface area (Å²) >= 11 is 9.57. The second-order valence-corrected chi connectivity index (χ2v) is 6.55. The highest BCUT2D eigenvalue weighted by Gasteiger charge is 2.11. The Hall–Kier alpha value is -2.17. The number of pyridine rings is 1. The van der Waals surface area contributed by atoms with Crippen LogP contribution in [0.3, 0.4) is 0 Å². The number of benzene rings is 2. The van der Waals surface area contributed by atoms with Crippen LogP contribution in [0, 0.1) is 0 Å². The maximum Gasteiger partial charge on any atom is 0.0961 e. The molecule has 112 valence electrons. The van der Waals surface area contributed by atoms with Crippen LogP contribution >= 0.6 is 27.5 Å². The van der Waals surface area contributed by atoms with E-state index in [0.717, 1.165) is 37.9 Å². The molecule has 4 rings (SSSR count). The lowest BCUT2D eigenvalue weighted by atomic mass is 10.0. The molecule has 0 saturated carbocycles. The third-order valence-corrected chi connectivity index (χ3v) is 4.34. The number of nitrogens with zero attached hydrogens (tertiary/aromatic N) is 2. The first-order valence-electron chi connectivity index (χ1n) is 7.06. The molecule has 1 N–H and O–H groups in total. The Morgan fingerprint density at radius 3 is 2.74 bits per heavy atom. The van der Waals surface area contributed by atoms with E-state index in [2.05, 4.69) is 43.0 Å². The molecule has 0 unspecified atom stereocenters. The van der Waals surface area contributed by atoms with Gasteiger partial charge in [0.2, 0.25) is 0 Å². The summed E-state index contributed by atoms with van der Waals surface area (Å²) in [4.78, 5) is 12.1. The number of aromatic amines is 1. The van der Waals surface area contributed by atoms with Gasteiger partial charge >= 0.3 is 0 Å². The summed E-state index contributed by atoms with van der Waals surface area (Å²) in [6.45, 7) is 0. The van der Waals surface area contributed by atoms with Gasteiger partial charge in [-0.25, -0.2) is 4.98 Å². The summed E-state index contributed by atoms with van der Waals surface area (Å²) in [5.41, 5.74) is 4.86. The zero-order valence-electron chi connectivity index (χ0n) is 11.9. The lowest BCUT2D eigenvalue weighted by Gasteiger charge is -2.06. The number of rotatable bonds is 2. The van der Waals surface area contributed by atoms with Crippen LogP contribution in [0.2, 0.25) is 5.02 Å². The molecule has 0 radical (unpaired) electrons. The van der Waals surface area contributed by atoms with Crippen molar-refractivity contribution in [3.05, 3.63) is 70.6 Å². The highest BCUT2D eigenvalue weighted by atomic mass is 79.9. The molecule has 2 aromatic carbocycles. The van der Waals surface area contributed by atoms with Gasteiger partial charge in [-0.15, -0.1) is 0 Å². The summed E-state index contributed by atoms with van der Waals surface area (Å²) in [6.07, 6.45) is 3.50. The second-order valence-electron chi connectivity index (χ2n) is 5.20. The van der Waals surface area contributed by atoms with Crippen LogP contribution in [0.25, 0.3) is 33.4 Å². The number of H-pyrrole nitrogens is 1. The van der Waals surface area contributed by atoms with E-state index in [1.807, 2.05) is 36.4 Å². The van der Waals surface area contributed by atoms with Crippen LogP contribution in [-0.2, 0) is 0 Å². The molecule has 2 heterocycles. The van der Waals surface area contributed by atoms with Crippen molar-refractivity contribution >= 4 is 38.4 Å². The Morgan fingerprint density at radius 2 is 1.87 bits per heavy atom. The van der Waals surface area contributed by atoms with Crippen LogP contribution in [0.5, 0.6) is 0 Å². The second kappa shape index (κ2) is 5.80. The van der Waals surface area contributed by atoms with Crippen LogP contribution in [0.1, 0.15) is 0 Å². The minimum atomic E-state index is 0.697.